The van der Waals surface area contributed by atoms with Crippen LogP contribution in [0.15, 0.2) is 17.3 Å². The fraction of sp³-hybridized carbons (Fsp3) is 0.875. The molecule has 0 aromatic carbocycles. The van der Waals surface area contributed by atoms with Crippen molar-refractivity contribution in [2.75, 3.05) is 6.54 Å². The summed E-state index contributed by atoms with van der Waals surface area (Å²) in [5.41, 5.74) is 0. The van der Waals surface area contributed by atoms with Crippen molar-refractivity contribution in [2.24, 2.45) is 5.18 Å². The van der Waals surface area contributed by atoms with Crippen molar-refractivity contribution in [3.8, 4) is 0 Å². The molecule has 0 rings (SSSR count). The molecule has 2 nitrogen and oxygen atoms in total. The molecule has 0 aromatic heterocycles. The van der Waals surface area contributed by atoms with E-state index in [4.69, 9.17) is 0 Å². The van der Waals surface area contributed by atoms with E-state index in [1.54, 1.807) is 0 Å². The Morgan fingerprint density at radius 3 is 1.78 bits per heavy atom. The summed E-state index contributed by atoms with van der Waals surface area (Å²) < 4.78 is 0. The van der Waals surface area contributed by atoms with Gasteiger partial charge in [-0.2, -0.15) is 4.91 Å². The van der Waals surface area contributed by atoms with E-state index in [0.717, 1.165) is 12.8 Å². The first-order valence-electron chi connectivity index (χ1n) is 7.86. The van der Waals surface area contributed by atoms with E-state index < -0.39 is 0 Å². The van der Waals surface area contributed by atoms with Crippen molar-refractivity contribution in [3.05, 3.63) is 17.1 Å². The van der Waals surface area contributed by atoms with Crippen LogP contribution in [0.5, 0.6) is 0 Å². The number of nitroso groups, excluding NO2 is 1. The smallest absolute Gasteiger partial charge is 0.0811 e. The largest absolute Gasteiger partial charge is 0.151 e. The molecule has 18 heavy (non-hydrogen) atoms. The third-order valence-corrected chi connectivity index (χ3v) is 3.26. The third-order valence-electron chi connectivity index (χ3n) is 3.26. The lowest BCUT2D eigenvalue weighted by Crippen LogP contribution is -1.81. The Bertz CT molecular complexity index is 190. The molecule has 0 aromatic rings. The van der Waals surface area contributed by atoms with Crippen LogP contribution in [0.25, 0.3) is 0 Å². The highest BCUT2D eigenvalue weighted by atomic mass is 16.3. The highest BCUT2D eigenvalue weighted by Gasteiger charge is 1.89. The number of nitrogens with zero attached hydrogens (tertiary/aromatic N) is 1. The van der Waals surface area contributed by atoms with Gasteiger partial charge < -0.3 is 0 Å². The number of allylic oxidation sites excluding steroid dienone is 2. The minimum atomic E-state index is 0.494. The van der Waals surface area contributed by atoms with E-state index in [0.29, 0.717) is 6.54 Å². The molecular formula is C16H31NO. The van der Waals surface area contributed by atoms with Gasteiger partial charge in [-0.3, -0.25) is 0 Å². The number of rotatable bonds is 14. The monoisotopic (exact) mass is 253 g/mol. The van der Waals surface area contributed by atoms with Crippen molar-refractivity contribution in [1.29, 1.82) is 0 Å². The van der Waals surface area contributed by atoms with Gasteiger partial charge >= 0.3 is 0 Å². The normalized spacial score (nSPS) is 11.2. The topological polar surface area (TPSA) is 29.4 Å². The van der Waals surface area contributed by atoms with Crippen molar-refractivity contribution in [1.82, 2.24) is 0 Å². The van der Waals surface area contributed by atoms with Crippen LogP contribution in [-0.4, -0.2) is 6.54 Å². The van der Waals surface area contributed by atoms with Crippen molar-refractivity contribution in [2.45, 2.75) is 84.0 Å². The Hall–Kier alpha value is -0.660. The summed E-state index contributed by atoms with van der Waals surface area (Å²) in [6.07, 6.45) is 20.0. The maximum atomic E-state index is 9.86. The van der Waals surface area contributed by atoms with Gasteiger partial charge in [0, 0.05) is 0 Å². The van der Waals surface area contributed by atoms with E-state index in [-0.39, 0.29) is 0 Å². The van der Waals surface area contributed by atoms with E-state index in [1.807, 2.05) is 0 Å². The van der Waals surface area contributed by atoms with E-state index in [2.05, 4.69) is 24.3 Å². The summed E-state index contributed by atoms with van der Waals surface area (Å²) in [7, 11) is 0. The molecule has 0 aliphatic rings. The second-order valence-corrected chi connectivity index (χ2v) is 5.08. The highest BCUT2D eigenvalue weighted by molar-refractivity contribution is 4.81. The molecule has 0 aliphatic heterocycles. The third kappa shape index (κ3) is 15.3. The van der Waals surface area contributed by atoms with Crippen molar-refractivity contribution in [3.63, 3.8) is 0 Å². The second-order valence-electron chi connectivity index (χ2n) is 5.08. The molecule has 106 valence electrons. The van der Waals surface area contributed by atoms with Crippen molar-refractivity contribution >= 4 is 0 Å². The van der Waals surface area contributed by atoms with Gasteiger partial charge in [-0.25, -0.2) is 0 Å². The van der Waals surface area contributed by atoms with Crippen LogP contribution in [-0.2, 0) is 0 Å². The first-order chi connectivity index (χ1) is 8.91. The molecule has 0 N–H and O–H groups in total. The fourth-order valence-electron chi connectivity index (χ4n) is 2.07. The first-order valence-corrected chi connectivity index (χ1v) is 7.86. The Labute approximate surface area is 113 Å². The van der Waals surface area contributed by atoms with Crippen LogP contribution in [0.2, 0.25) is 0 Å². The van der Waals surface area contributed by atoms with Crippen molar-refractivity contribution < 1.29 is 0 Å². The van der Waals surface area contributed by atoms with Gasteiger partial charge in [0.1, 0.15) is 0 Å². The quantitative estimate of drug-likeness (QED) is 0.212. The lowest BCUT2D eigenvalue weighted by Gasteiger charge is -1.98. The number of hydrogen-bond acceptors (Lipinski definition) is 2. The molecule has 2 heteroatoms. The minimum Gasteiger partial charge on any atom is -0.151 e. The summed E-state index contributed by atoms with van der Waals surface area (Å²) in [5.74, 6) is 0. The standard InChI is InChI=1S/C16H31NO/c1-2-3-4-5-6-7-8-9-10-11-12-13-14-15-16-17-18/h9-10H,2-8,11-16H2,1H3/b10-9-. The van der Waals surface area contributed by atoms with Gasteiger partial charge in [0.15, 0.2) is 0 Å². The van der Waals surface area contributed by atoms with Gasteiger partial charge in [0.2, 0.25) is 0 Å². The zero-order valence-corrected chi connectivity index (χ0v) is 12.2. The lowest BCUT2D eigenvalue weighted by atomic mass is 10.1. The minimum absolute atomic E-state index is 0.494. The van der Waals surface area contributed by atoms with Crippen LogP contribution in [0.3, 0.4) is 0 Å². The van der Waals surface area contributed by atoms with Gasteiger partial charge in [-0.05, 0) is 32.1 Å². The Kier molecular flexibility index (Phi) is 15.7. The first kappa shape index (κ1) is 17.3. The Morgan fingerprint density at radius 1 is 0.722 bits per heavy atom. The molecule has 0 unspecified atom stereocenters. The average molecular weight is 253 g/mol. The maximum absolute atomic E-state index is 9.86. The molecule has 0 aliphatic carbocycles. The SMILES string of the molecule is CCCCCCCC/C=C\CCCCCCN=O. The van der Waals surface area contributed by atoms with Crippen LogP contribution in [0, 0.1) is 4.91 Å². The van der Waals surface area contributed by atoms with Gasteiger partial charge in [0.25, 0.3) is 0 Å². The molecule has 0 bridgehead atoms. The summed E-state index contributed by atoms with van der Waals surface area (Å²) in [6, 6.07) is 0. The molecular weight excluding hydrogens is 222 g/mol. The molecule has 0 saturated heterocycles. The zero-order valence-electron chi connectivity index (χ0n) is 12.2. The van der Waals surface area contributed by atoms with Crippen LogP contribution < -0.4 is 0 Å². The summed E-state index contributed by atoms with van der Waals surface area (Å²) >= 11 is 0. The van der Waals surface area contributed by atoms with Crippen LogP contribution >= 0.6 is 0 Å². The number of unbranched alkanes of at least 4 members (excludes halogenated alkanes) is 10. The summed E-state index contributed by atoms with van der Waals surface area (Å²) in [6.45, 7) is 2.76. The Balaban J connectivity index is 3.02. The van der Waals surface area contributed by atoms with E-state index >= 15 is 0 Å². The number of hydrogen-bond donors (Lipinski definition) is 0. The molecule has 0 heterocycles. The van der Waals surface area contributed by atoms with E-state index in [9.17, 15) is 4.91 Å². The average Bonchev–Trinajstić information content (AvgIpc) is 2.39. The zero-order chi connectivity index (χ0) is 13.3. The molecule has 0 atom stereocenters. The van der Waals surface area contributed by atoms with Gasteiger partial charge in [-0.15, -0.1) is 0 Å². The molecule has 0 fully saturated rings. The van der Waals surface area contributed by atoms with E-state index in [1.165, 1.54) is 64.2 Å². The molecule has 0 amide bonds. The fourth-order valence-corrected chi connectivity index (χ4v) is 2.07. The summed E-state index contributed by atoms with van der Waals surface area (Å²) in [5, 5.41) is 2.87. The second kappa shape index (κ2) is 16.3. The predicted octanol–water partition coefficient (Wildman–Crippen LogP) is 6.01. The molecule has 0 spiro atoms. The predicted molar refractivity (Wildman–Crippen MR) is 80.9 cm³/mol. The van der Waals surface area contributed by atoms with Gasteiger partial charge in [-0.1, -0.05) is 69.2 Å². The lowest BCUT2D eigenvalue weighted by molar-refractivity contribution is 0.610. The maximum Gasteiger partial charge on any atom is 0.0811 e. The molecule has 0 radical (unpaired) electrons. The van der Waals surface area contributed by atoms with Crippen LogP contribution in [0.1, 0.15) is 84.0 Å². The molecule has 0 saturated carbocycles. The highest BCUT2D eigenvalue weighted by Crippen LogP contribution is 2.08. The van der Waals surface area contributed by atoms with Crippen LogP contribution in [0.4, 0.5) is 0 Å². The summed E-state index contributed by atoms with van der Waals surface area (Å²) in [4.78, 5) is 9.86. The Morgan fingerprint density at radius 2 is 1.22 bits per heavy atom. The van der Waals surface area contributed by atoms with Gasteiger partial charge in [0.05, 0.1) is 6.54 Å².